The van der Waals surface area contributed by atoms with Gasteiger partial charge in [0.2, 0.25) is 5.78 Å². The first-order valence-electron chi connectivity index (χ1n) is 7.58. The molecule has 0 spiro atoms. The third-order valence-corrected chi connectivity index (χ3v) is 3.83. The lowest BCUT2D eigenvalue weighted by Crippen LogP contribution is -2.04. The minimum absolute atomic E-state index is 0.0175. The standard InChI is InChI=1S/C19H15FO4/c20-13-10-8-12(9-11-13)18(23)19-15(5-3-7-17(21)22)14-4-1-2-6-16(14)24-19/h1-2,4,6,8-11H,3,5,7H2,(H,21,22). The van der Waals surface area contributed by atoms with E-state index in [9.17, 15) is 14.0 Å². The summed E-state index contributed by atoms with van der Waals surface area (Å²) in [4.78, 5) is 23.5. The molecule has 1 aromatic heterocycles. The number of aliphatic carboxylic acids is 1. The number of hydrogen-bond donors (Lipinski definition) is 1. The van der Waals surface area contributed by atoms with Crippen molar-refractivity contribution in [2.75, 3.05) is 0 Å². The number of carbonyl (C=O) groups excluding carboxylic acids is 1. The summed E-state index contributed by atoms with van der Waals surface area (Å²) in [7, 11) is 0. The van der Waals surface area contributed by atoms with Crippen LogP contribution in [0.1, 0.15) is 34.5 Å². The molecule has 0 aliphatic rings. The van der Waals surface area contributed by atoms with Crippen molar-refractivity contribution >= 4 is 22.7 Å². The van der Waals surface area contributed by atoms with Gasteiger partial charge in [-0.3, -0.25) is 9.59 Å². The van der Waals surface area contributed by atoms with Crippen LogP contribution >= 0.6 is 0 Å². The Morgan fingerprint density at radius 2 is 1.75 bits per heavy atom. The van der Waals surface area contributed by atoms with Crippen molar-refractivity contribution in [1.29, 1.82) is 0 Å². The molecule has 0 aliphatic heterocycles. The molecule has 3 aromatic rings. The van der Waals surface area contributed by atoms with Crippen LogP contribution in [0.2, 0.25) is 0 Å². The third-order valence-electron chi connectivity index (χ3n) is 3.83. The second-order valence-electron chi connectivity index (χ2n) is 5.49. The topological polar surface area (TPSA) is 67.5 Å². The largest absolute Gasteiger partial charge is 0.481 e. The number of furan rings is 1. The Balaban J connectivity index is 2.00. The fourth-order valence-corrected chi connectivity index (χ4v) is 2.68. The van der Waals surface area contributed by atoms with Gasteiger partial charge in [0.1, 0.15) is 11.4 Å². The summed E-state index contributed by atoms with van der Waals surface area (Å²) in [6, 6.07) is 12.5. The molecule has 122 valence electrons. The number of rotatable bonds is 6. The van der Waals surface area contributed by atoms with Gasteiger partial charge in [-0.2, -0.15) is 0 Å². The minimum atomic E-state index is -0.880. The third kappa shape index (κ3) is 3.20. The minimum Gasteiger partial charge on any atom is -0.481 e. The lowest BCUT2D eigenvalue weighted by molar-refractivity contribution is -0.137. The van der Waals surface area contributed by atoms with Crippen LogP contribution in [0, 0.1) is 5.82 Å². The van der Waals surface area contributed by atoms with E-state index in [0.717, 1.165) is 5.39 Å². The molecule has 1 N–H and O–H groups in total. The van der Waals surface area contributed by atoms with Crippen LogP contribution in [-0.2, 0) is 11.2 Å². The van der Waals surface area contributed by atoms with E-state index in [4.69, 9.17) is 9.52 Å². The second-order valence-corrected chi connectivity index (χ2v) is 5.49. The zero-order chi connectivity index (χ0) is 17.1. The average molecular weight is 326 g/mol. The highest BCUT2D eigenvalue weighted by Crippen LogP contribution is 2.29. The van der Waals surface area contributed by atoms with Crippen LogP contribution < -0.4 is 0 Å². The Hall–Kier alpha value is -2.95. The summed E-state index contributed by atoms with van der Waals surface area (Å²) >= 11 is 0. The van der Waals surface area contributed by atoms with Crippen molar-refractivity contribution in [3.63, 3.8) is 0 Å². The van der Waals surface area contributed by atoms with Crippen molar-refractivity contribution in [3.05, 3.63) is 71.2 Å². The average Bonchev–Trinajstić information content (AvgIpc) is 2.93. The highest BCUT2D eigenvalue weighted by atomic mass is 19.1. The molecule has 4 nitrogen and oxygen atoms in total. The number of benzene rings is 2. The molecule has 0 aliphatic carbocycles. The summed E-state index contributed by atoms with van der Waals surface area (Å²) < 4.78 is 18.8. The van der Waals surface area contributed by atoms with E-state index in [2.05, 4.69) is 0 Å². The predicted octanol–water partition coefficient (Wildman–Crippen LogP) is 4.21. The molecule has 0 bridgehead atoms. The van der Waals surface area contributed by atoms with Crippen LogP contribution in [0.4, 0.5) is 4.39 Å². The molecule has 0 radical (unpaired) electrons. The Bertz CT molecular complexity index is 893. The van der Waals surface area contributed by atoms with Gasteiger partial charge in [-0.1, -0.05) is 18.2 Å². The molecule has 5 heteroatoms. The Morgan fingerprint density at radius 1 is 1.04 bits per heavy atom. The predicted molar refractivity (Wildman–Crippen MR) is 86.6 cm³/mol. The molecule has 0 unspecified atom stereocenters. The number of carbonyl (C=O) groups is 2. The maximum Gasteiger partial charge on any atom is 0.303 e. The van der Waals surface area contributed by atoms with Crippen LogP contribution in [0.5, 0.6) is 0 Å². The molecule has 0 saturated heterocycles. The highest BCUT2D eigenvalue weighted by Gasteiger charge is 2.21. The van der Waals surface area contributed by atoms with Crippen molar-refractivity contribution in [1.82, 2.24) is 0 Å². The normalized spacial score (nSPS) is 10.9. The number of para-hydroxylation sites is 1. The van der Waals surface area contributed by atoms with Crippen LogP contribution in [0.3, 0.4) is 0 Å². The van der Waals surface area contributed by atoms with E-state index >= 15 is 0 Å². The first kappa shape index (κ1) is 15.9. The number of halogens is 1. The van der Waals surface area contributed by atoms with Gasteiger partial charge in [0.05, 0.1) is 0 Å². The van der Waals surface area contributed by atoms with Gasteiger partial charge in [0.15, 0.2) is 5.76 Å². The molecule has 24 heavy (non-hydrogen) atoms. The van der Waals surface area contributed by atoms with E-state index in [0.29, 0.717) is 29.6 Å². The summed E-state index contributed by atoms with van der Waals surface area (Å²) in [6.07, 6.45) is 0.845. The fourth-order valence-electron chi connectivity index (χ4n) is 2.68. The van der Waals surface area contributed by atoms with E-state index in [1.54, 1.807) is 12.1 Å². The zero-order valence-electron chi connectivity index (χ0n) is 12.8. The van der Waals surface area contributed by atoms with Crippen molar-refractivity contribution < 1.29 is 23.5 Å². The zero-order valence-corrected chi connectivity index (χ0v) is 12.8. The molecule has 2 aromatic carbocycles. The van der Waals surface area contributed by atoms with Gasteiger partial charge in [-0.25, -0.2) is 4.39 Å². The second kappa shape index (κ2) is 6.66. The number of carboxylic acid groups (broad SMARTS) is 1. The smallest absolute Gasteiger partial charge is 0.303 e. The van der Waals surface area contributed by atoms with Crippen LogP contribution in [-0.4, -0.2) is 16.9 Å². The Labute approximate surface area is 137 Å². The summed E-state index contributed by atoms with van der Waals surface area (Å²) in [5.41, 5.74) is 1.60. The SMILES string of the molecule is O=C(O)CCCc1c(C(=O)c2ccc(F)cc2)oc2ccccc12. The maximum atomic E-state index is 13.1. The fraction of sp³-hybridized carbons (Fsp3) is 0.158. The summed E-state index contributed by atoms with van der Waals surface area (Å²) in [6.45, 7) is 0. The van der Waals surface area contributed by atoms with E-state index in [-0.39, 0.29) is 18.0 Å². The summed E-state index contributed by atoms with van der Waals surface area (Å²) in [5.74, 6) is -1.45. The highest BCUT2D eigenvalue weighted by molar-refractivity contribution is 6.10. The first-order chi connectivity index (χ1) is 11.6. The van der Waals surface area contributed by atoms with Crippen molar-refractivity contribution in [3.8, 4) is 0 Å². The monoisotopic (exact) mass is 326 g/mol. The van der Waals surface area contributed by atoms with Gasteiger partial charge < -0.3 is 9.52 Å². The Morgan fingerprint density at radius 3 is 2.46 bits per heavy atom. The van der Waals surface area contributed by atoms with Crippen molar-refractivity contribution in [2.45, 2.75) is 19.3 Å². The van der Waals surface area contributed by atoms with Crippen LogP contribution in [0.25, 0.3) is 11.0 Å². The van der Waals surface area contributed by atoms with Crippen molar-refractivity contribution in [2.24, 2.45) is 0 Å². The molecule has 0 amide bonds. The van der Waals surface area contributed by atoms with Gasteiger partial charge in [0, 0.05) is 22.9 Å². The van der Waals surface area contributed by atoms with Gasteiger partial charge in [-0.05, 0) is 43.2 Å². The maximum absolute atomic E-state index is 13.1. The van der Waals surface area contributed by atoms with Gasteiger partial charge >= 0.3 is 5.97 Å². The van der Waals surface area contributed by atoms with Crippen LogP contribution in [0.15, 0.2) is 52.9 Å². The molecular weight excluding hydrogens is 311 g/mol. The van der Waals surface area contributed by atoms with Gasteiger partial charge in [-0.15, -0.1) is 0 Å². The molecule has 3 rings (SSSR count). The van der Waals surface area contributed by atoms with Gasteiger partial charge in [0.25, 0.3) is 0 Å². The van der Waals surface area contributed by atoms with E-state index < -0.39 is 11.8 Å². The number of fused-ring (bicyclic) bond motifs is 1. The number of carboxylic acids is 1. The molecular formula is C19H15FO4. The quantitative estimate of drug-likeness (QED) is 0.689. The lowest BCUT2D eigenvalue weighted by Gasteiger charge is -2.03. The van der Waals surface area contributed by atoms with E-state index in [1.165, 1.54) is 24.3 Å². The molecule has 0 fully saturated rings. The molecule has 0 atom stereocenters. The first-order valence-corrected chi connectivity index (χ1v) is 7.58. The summed E-state index contributed by atoms with van der Waals surface area (Å²) in [5, 5.41) is 9.61. The Kier molecular flexibility index (Phi) is 4.42. The molecule has 1 heterocycles. The lowest BCUT2D eigenvalue weighted by atomic mass is 9.99. The molecule has 0 saturated carbocycles. The number of hydrogen-bond acceptors (Lipinski definition) is 3. The number of aryl methyl sites for hydroxylation is 1. The van der Waals surface area contributed by atoms with E-state index in [1.807, 2.05) is 12.1 Å². The number of ketones is 1.